The van der Waals surface area contributed by atoms with E-state index in [0.717, 1.165) is 0 Å². The summed E-state index contributed by atoms with van der Waals surface area (Å²) in [7, 11) is 0. The molecule has 7 nitrogen and oxygen atoms in total. The van der Waals surface area contributed by atoms with E-state index in [1.165, 1.54) is 16.2 Å². The predicted molar refractivity (Wildman–Crippen MR) is 64.2 cm³/mol. The Labute approximate surface area is 107 Å². The number of aromatic nitrogens is 1. The average molecular weight is 271 g/mol. The van der Waals surface area contributed by atoms with Crippen LogP contribution in [0.1, 0.15) is 5.69 Å². The van der Waals surface area contributed by atoms with Gasteiger partial charge in [0.25, 0.3) is 0 Å². The van der Waals surface area contributed by atoms with Crippen LogP contribution in [0.4, 0.5) is 5.13 Å². The third-order valence-electron chi connectivity index (χ3n) is 2.64. The Kier molecular flexibility index (Phi) is 3.78. The number of hydrogen-bond donors (Lipinski definition) is 2. The lowest BCUT2D eigenvalue weighted by atomic mass is 10.2. The standard InChI is InChI=1S/C10H13N3O4S/c11-10-12-6(5-18-10)3-8(14)13-1-2-17-4-7(13)9(15)16/h5,7H,1-4H2,(H2,11,12)(H,15,16). The molecule has 1 atom stereocenters. The maximum absolute atomic E-state index is 12.0. The first kappa shape index (κ1) is 12.8. The van der Waals surface area contributed by atoms with E-state index in [-0.39, 0.29) is 25.5 Å². The Morgan fingerprint density at radius 2 is 2.44 bits per heavy atom. The SMILES string of the molecule is Nc1nc(CC(=O)N2CCOCC2C(=O)O)cs1. The lowest BCUT2D eigenvalue weighted by molar-refractivity contribution is -0.158. The van der Waals surface area contributed by atoms with Gasteiger partial charge in [-0.15, -0.1) is 11.3 Å². The zero-order chi connectivity index (χ0) is 13.1. The number of carbonyl (C=O) groups excluding carboxylic acids is 1. The summed E-state index contributed by atoms with van der Waals surface area (Å²) in [6.07, 6.45) is 0.0669. The molecule has 98 valence electrons. The summed E-state index contributed by atoms with van der Waals surface area (Å²) in [6.45, 7) is 0.671. The van der Waals surface area contributed by atoms with Crippen LogP contribution in [0.25, 0.3) is 0 Å². The largest absolute Gasteiger partial charge is 0.480 e. The number of hydrogen-bond acceptors (Lipinski definition) is 6. The number of carboxylic acid groups (broad SMARTS) is 1. The van der Waals surface area contributed by atoms with E-state index in [0.29, 0.717) is 17.4 Å². The smallest absolute Gasteiger partial charge is 0.328 e. The molecule has 0 saturated carbocycles. The van der Waals surface area contributed by atoms with Gasteiger partial charge in [0.2, 0.25) is 5.91 Å². The van der Waals surface area contributed by atoms with Crippen molar-refractivity contribution < 1.29 is 19.4 Å². The minimum Gasteiger partial charge on any atom is -0.480 e. The summed E-state index contributed by atoms with van der Waals surface area (Å²) >= 11 is 1.26. The fourth-order valence-electron chi connectivity index (χ4n) is 1.77. The molecular weight excluding hydrogens is 258 g/mol. The van der Waals surface area contributed by atoms with Crippen LogP contribution in [0.5, 0.6) is 0 Å². The second-order valence-corrected chi connectivity index (χ2v) is 4.76. The monoisotopic (exact) mass is 271 g/mol. The Balaban J connectivity index is 2.04. The van der Waals surface area contributed by atoms with Gasteiger partial charge in [0.1, 0.15) is 0 Å². The van der Waals surface area contributed by atoms with Gasteiger partial charge < -0.3 is 20.5 Å². The van der Waals surface area contributed by atoms with E-state index in [1.807, 2.05) is 0 Å². The molecule has 1 fully saturated rings. The zero-order valence-corrected chi connectivity index (χ0v) is 10.4. The molecule has 1 aromatic rings. The van der Waals surface area contributed by atoms with Crippen molar-refractivity contribution in [3.63, 3.8) is 0 Å². The van der Waals surface area contributed by atoms with Gasteiger partial charge in [-0.2, -0.15) is 0 Å². The lowest BCUT2D eigenvalue weighted by Gasteiger charge is -2.32. The van der Waals surface area contributed by atoms with Gasteiger partial charge in [-0.25, -0.2) is 9.78 Å². The third-order valence-corrected chi connectivity index (χ3v) is 3.36. The molecule has 1 amide bonds. The van der Waals surface area contributed by atoms with Crippen molar-refractivity contribution in [3.8, 4) is 0 Å². The number of nitrogens with two attached hydrogens (primary N) is 1. The first-order valence-electron chi connectivity index (χ1n) is 5.38. The summed E-state index contributed by atoms with van der Waals surface area (Å²) in [5, 5.41) is 11.1. The molecule has 0 aromatic carbocycles. The maximum atomic E-state index is 12.0. The molecule has 0 spiro atoms. The highest BCUT2D eigenvalue weighted by atomic mass is 32.1. The summed E-state index contributed by atoms with van der Waals surface area (Å²) in [5.74, 6) is -1.32. The van der Waals surface area contributed by atoms with Crippen LogP contribution in [0.3, 0.4) is 0 Å². The van der Waals surface area contributed by atoms with Crippen LogP contribution in [0.2, 0.25) is 0 Å². The Hall–Kier alpha value is -1.67. The molecule has 3 N–H and O–H groups in total. The number of carboxylic acids is 1. The molecule has 2 rings (SSSR count). The fraction of sp³-hybridized carbons (Fsp3) is 0.500. The third kappa shape index (κ3) is 2.77. The molecular formula is C10H13N3O4S. The Morgan fingerprint density at radius 3 is 3.06 bits per heavy atom. The summed E-state index contributed by atoms with van der Waals surface area (Å²) in [4.78, 5) is 28.3. The second kappa shape index (κ2) is 5.32. The lowest BCUT2D eigenvalue weighted by Crippen LogP contribution is -2.53. The number of ether oxygens (including phenoxy) is 1. The highest BCUT2D eigenvalue weighted by Gasteiger charge is 2.32. The van der Waals surface area contributed by atoms with Gasteiger partial charge >= 0.3 is 5.97 Å². The van der Waals surface area contributed by atoms with E-state index in [9.17, 15) is 9.59 Å². The van der Waals surface area contributed by atoms with Crippen molar-refractivity contribution in [2.45, 2.75) is 12.5 Å². The first-order chi connectivity index (χ1) is 8.58. The molecule has 1 aromatic heterocycles. The minimum absolute atomic E-state index is 0.0281. The molecule has 0 radical (unpaired) electrons. The van der Waals surface area contributed by atoms with Crippen LogP contribution >= 0.6 is 11.3 Å². The molecule has 1 aliphatic heterocycles. The van der Waals surface area contributed by atoms with Crippen LogP contribution in [-0.4, -0.2) is 52.7 Å². The molecule has 0 bridgehead atoms. The van der Waals surface area contributed by atoms with Gasteiger partial charge in [-0.1, -0.05) is 0 Å². The van der Waals surface area contributed by atoms with E-state index < -0.39 is 12.0 Å². The summed E-state index contributed by atoms with van der Waals surface area (Å²) < 4.78 is 5.07. The van der Waals surface area contributed by atoms with Crippen molar-refractivity contribution >= 4 is 28.3 Å². The number of morpholine rings is 1. The van der Waals surface area contributed by atoms with E-state index >= 15 is 0 Å². The Morgan fingerprint density at radius 1 is 1.67 bits per heavy atom. The molecule has 1 saturated heterocycles. The number of nitrogens with zero attached hydrogens (tertiary/aromatic N) is 2. The number of aliphatic carboxylic acids is 1. The summed E-state index contributed by atoms with van der Waals surface area (Å²) in [6, 6.07) is -0.915. The average Bonchev–Trinajstić information content (AvgIpc) is 2.74. The summed E-state index contributed by atoms with van der Waals surface area (Å²) in [5.41, 5.74) is 6.04. The molecule has 0 aliphatic carbocycles. The minimum atomic E-state index is -1.05. The van der Waals surface area contributed by atoms with Gasteiger partial charge in [0, 0.05) is 11.9 Å². The molecule has 1 unspecified atom stereocenters. The number of carbonyl (C=O) groups is 2. The van der Waals surface area contributed by atoms with Crippen molar-refractivity contribution in [1.82, 2.24) is 9.88 Å². The van der Waals surface area contributed by atoms with Crippen LogP contribution < -0.4 is 5.73 Å². The van der Waals surface area contributed by atoms with Crippen molar-refractivity contribution in [2.75, 3.05) is 25.5 Å². The van der Waals surface area contributed by atoms with Crippen LogP contribution in [0.15, 0.2) is 5.38 Å². The number of anilines is 1. The molecule has 1 aliphatic rings. The van der Waals surface area contributed by atoms with Gasteiger partial charge in [-0.05, 0) is 0 Å². The van der Waals surface area contributed by atoms with Crippen molar-refractivity contribution in [2.24, 2.45) is 0 Å². The molecule has 8 heteroatoms. The molecule has 2 heterocycles. The van der Waals surface area contributed by atoms with Crippen LogP contribution in [-0.2, 0) is 20.7 Å². The van der Waals surface area contributed by atoms with Gasteiger partial charge in [0.05, 0.1) is 25.3 Å². The number of amides is 1. The normalized spacial score (nSPS) is 19.8. The van der Waals surface area contributed by atoms with Crippen molar-refractivity contribution in [1.29, 1.82) is 0 Å². The van der Waals surface area contributed by atoms with Crippen molar-refractivity contribution in [3.05, 3.63) is 11.1 Å². The van der Waals surface area contributed by atoms with E-state index in [4.69, 9.17) is 15.6 Å². The highest BCUT2D eigenvalue weighted by molar-refractivity contribution is 7.13. The quantitative estimate of drug-likeness (QED) is 0.773. The van der Waals surface area contributed by atoms with Gasteiger partial charge in [-0.3, -0.25) is 4.79 Å². The fourth-order valence-corrected chi connectivity index (χ4v) is 2.33. The van der Waals surface area contributed by atoms with E-state index in [1.54, 1.807) is 5.38 Å². The Bertz CT molecular complexity index is 462. The molecule has 18 heavy (non-hydrogen) atoms. The first-order valence-corrected chi connectivity index (χ1v) is 6.26. The second-order valence-electron chi connectivity index (χ2n) is 3.87. The van der Waals surface area contributed by atoms with Gasteiger partial charge in [0.15, 0.2) is 11.2 Å². The topological polar surface area (TPSA) is 106 Å². The predicted octanol–water partition coefficient (Wildman–Crippen LogP) is -0.420. The zero-order valence-electron chi connectivity index (χ0n) is 9.54. The number of nitrogen functional groups attached to an aromatic ring is 1. The maximum Gasteiger partial charge on any atom is 0.328 e. The van der Waals surface area contributed by atoms with E-state index in [2.05, 4.69) is 4.98 Å². The van der Waals surface area contributed by atoms with Crippen LogP contribution in [0, 0.1) is 0 Å². The number of thiazole rings is 1. The highest BCUT2D eigenvalue weighted by Crippen LogP contribution is 2.14. The number of rotatable bonds is 3.